The molecule has 1 nitrogen and oxygen atoms in total. The van der Waals surface area contributed by atoms with E-state index in [0.29, 0.717) is 0 Å². The lowest BCUT2D eigenvalue weighted by atomic mass is 9.85. The molecule has 0 saturated carbocycles. The van der Waals surface area contributed by atoms with Crippen LogP contribution in [0, 0.1) is 0 Å². The largest absolute Gasteiger partial charge is 0.309 e. The van der Waals surface area contributed by atoms with E-state index in [0.717, 1.165) is 12.8 Å². The summed E-state index contributed by atoms with van der Waals surface area (Å²) in [5, 5.41) is 18.4. The summed E-state index contributed by atoms with van der Waals surface area (Å²) in [7, 11) is 0. The van der Waals surface area contributed by atoms with Gasteiger partial charge in [-0.05, 0) is 147 Å². The molecule has 0 spiro atoms. The Balaban J connectivity index is 1.24. The molecule has 13 rings (SSSR count). The van der Waals surface area contributed by atoms with Crippen molar-refractivity contribution >= 4 is 92.5 Å². The predicted octanol–water partition coefficient (Wildman–Crippen LogP) is 15.5. The number of nitrogens with zero attached hydrogens (tertiary/aromatic N) is 1. The van der Waals surface area contributed by atoms with Gasteiger partial charge in [-0.15, -0.1) is 0 Å². The van der Waals surface area contributed by atoms with E-state index in [9.17, 15) is 0 Å². The van der Waals surface area contributed by atoms with Gasteiger partial charge in [-0.2, -0.15) is 0 Å². The van der Waals surface area contributed by atoms with Gasteiger partial charge >= 0.3 is 0 Å². The first-order chi connectivity index (χ1) is 28.3. The van der Waals surface area contributed by atoms with E-state index in [1.165, 1.54) is 126 Å². The fourth-order valence-corrected chi connectivity index (χ4v) is 10.7. The first-order valence-corrected chi connectivity index (χ1v) is 20.2. The van der Waals surface area contributed by atoms with Crippen molar-refractivity contribution in [1.82, 2.24) is 0 Å². The molecule has 12 aromatic rings. The highest BCUT2D eigenvalue weighted by Gasteiger charge is 2.28. The number of rotatable bonds is 3. The quantitative estimate of drug-likeness (QED) is 0.176. The third-order valence-electron chi connectivity index (χ3n) is 13.0. The van der Waals surface area contributed by atoms with Crippen LogP contribution in [0.25, 0.3) is 97.7 Å². The third-order valence-corrected chi connectivity index (χ3v) is 13.0. The second kappa shape index (κ2) is 11.6. The van der Waals surface area contributed by atoms with E-state index in [1.54, 1.807) is 0 Å². The highest BCUT2D eigenvalue weighted by Crippen LogP contribution is 2.55. The number of hydrogen-bond donors (Lipinski definition) is 0. The molecule has 1 aliphatic rings. The predicted molar refractivity (Wildman–Crippen MR) is 244 cm³/mol. The molecule has 0 bridgehead atoms. The Labute approximate surface area is 330 Å². The molecule has 1 aliphatic heterocycles. The van der Waals surface area contributed by atoms with Gasteiger partial charge in [-0.3, -0.25) is 0 Å². The molecular weight excluding hydrogens is 687 g/mol. The van der Waals surface area contributed by atoms with Gasteiger partial charge in [0.25, 0.3) is 0 Å². The average molecular weight is 722 g/mol. The molecular formula is C56H35N. The highest BCUT2D eigenvalue weighted by molar-refractivity contribution is 6.42. The maximum absolute atomic E-state index is 2.54. The molecule has 0 amide bonds. The maximum Gasteiger partial charge on any atom is 0.0540 e. The summed E-state index contributed by atoms with van der Waals surface area (Å²) in [6, 6.07) is 70.7. The van der Waals surface area contributed by atoms with Crippen LogP contribution in [-0.4, -0.2) is 0 Å². The first-order valence-electron chi connectivity index (χ1n) is 20.2. The Morgan fingerprint density at radius 3 is 1.33 bits per heavy atom. The van der Waals surface area contributed by atoms with Crippen molar-refractivity contribution in [2.24, 2.45) is 0 Å². The van der Waals surface area contributed by atoms with Crippen LogP contribution < -0.4 is 4.90 Å². The van der Waals surface area contributed by atoms with Crippen LogP contribution >= 0.6 is 0 Å². The summed E-state index contributed by atoms with van der Waals surface area (Å²) in [5.74, 6) is 0. The van der Waals surface area contributed by atoms with Crippen LogP contribution in [0.3, 0.4) is 0 Å². The summed E-state index contributed by atoms with van der Waals surface area (Å²) >= 11 is 0. The first kappa shape index (κ1) is 31.0. The summed E-state index contributed by atoms with van der Waals surface area (Å²) < 4.78 is 0. The average Bonchev–Trinajstić information content (AvgIpc) is 3.70. The number of fused-ring (bicyclic) bond motifs is 9. The number of benzene rings is 10. The van der Waals surface area contributed by atoms with Gasteiger partial charge in [-0.1, -0.05) is 158 Å². The second-order valence-electron chi connectivity index (χ2n) is 15.8. The van der Waals surface area contributed by atoms with E-state index >= 15 is 0 Å². The summed E-state index contributed by atoms with van der Waals surface area (Å²) in [5.41, 5.74) is 11.6. The van der Waals surface area contributed by atoms with Gasteiger partial charge in [0.1, 0.15) is 0 Å². The molecule has 0 fully saturated rings. The van der Waals surface area contributed by atoms with E-state index in [4.69, 9.17) is 0 Å². The summed E-state index contributed by atoms with van der Waals surface area (Å²) in [6.45, 7) is 0. The van der Waals surface area contributed by atoms with Crippen LogP contribution in [-0.2, 0) is 12.8 Å². The van der Waals surface area contributed by atoms with Gasteiger partial charge in [0.15, 0.2) is 0 Å². The Morgan fingerprint density at radius 1 is 0.281 bits per heavy atom. The molecule has 0 atom stereocenters. The number of para-hydroxylation sites is 2. The molecule has 0 aliphatic carbocycles. The summed E-state index contributed by atoms with van der Waals surface area (Å²) in [4.78, 5) is 2.54. The zero-order valence-corrected chi connectivity index (χ0v) is 31.3. The van der Waals surface area contributed by atoms with Crippen molar-refractivity contribution < 1.29 is 0 Å². The van der Waals surface area contributed by atoms with Crippen molar-refractivity contribution in [3.8, 4) is 22.3 Å². The highest BCUT2D eigenvalue weighted by atomic mass is 15.2. The van der Waals surface area contributed by atoms with Crippen LogP contribution in [0.4, 0.5) is 17.1 Å². The SMILES string of the molecule is c1ccc(-c2c3cc4c(cc3c(-c3ccccc3)c3c5ccc(N6c7ccccc7CCc7ccccc76)c6cccc(c23)c65)c2cccc3cccc4c32)cc1. The van der Waals surface area contributed by atoms with Gasteiger partial charge in [-0.25, -0.2) is 0 Å². The molecule has 57 heavy (non-hydrogen) atoms. The fraction of sp³-hybridized carbons (Fsp3) is 0.0357. The van der Waals surface area contributed by atoms with E-state index in [-0.39, 0.29) is 0 Å². The molecule has 0 N–H and O–H groups in total. The maximum atomic E-state index is 2.54. The lowest BCUT2D eigenvalue weighted by Gasteiger charge is -2.28. The van der Waals surface area contributed by atoms with E-state index in [1.807, 2.05) is 0 Å². The third kappa shape index (κ3) is 4.23. The Bertz CT molecular complexity index is 3370. The molecule has 12 aromatic carbocycles. The van der Waals surface area contributed by atoms with Crippen LogP contribution in [0.15, 0.2) is 188 Å². The lowest BCUT2D eigenvalue weighted by molar-refractivity contribution is 0.977. The van der Waals surface area contributed by atoms with E-state index in [2.05, 4.69) is 193 Å². The smallest absolute Gasteiger partial charge is 0.0540 e. The monoisotopic (exact) mass is 721 g/mol. The summed E-state index contributed by atoms with van der Waals surface area (Å²) in [6.07, 6.45) is 2.04. The molecule has 0 aromatic heterocycles. The Morgan fingerprint density at radius 2 is 0.754 bits per heavy atom. The van der Waals surface area contributed by atoms with E-state index < -0.39 is 0 Å². The zero-order valence-electron chi connectivity index (χ0n) is 31.3. The minimum absolute atomic E-state index is 1.02. The Hall–Kier alpha value is -7.22. The Kier molecular flexibility index (Phi) is 6.34. The van der Waals surface area contributed by atoms with Gasteiger partial charge in [0.05, 0.1) is 5.69 Å². The van der Waals surface area contributed by atoms with Gasteiger partial charge in [0, 0.05) is 16.8 Å². The number of anilines is 3. The minimum Gasteiger partial charge on any atom is -0.309 e. The second-order valence-corrected chi connectivity index (χ2v) is 15.8. The minimum atomic E-state index is 1.02. The van der Waals surface area contributed by atoms with Crippen LogP contribution in [0.1, 0.15) is 11.1 Å². The zero-order chi connectivity index (χ0) is 37.2. The lowest BCUT2D eigenvalue weighted by Crippen LogP contribution is -2.12. The number of aryl methyl sites for hydroxylation is 2. The topological polar surface area (TPSA) is 3.24 Å². The molecule has 1 heterocycles. The van der Waals surface area contributed by atoms with Gasteiger partial charge in [0.2, 0.25) is 0 Å². The molecule has 0 saturated heterocycles. The normalized spacial score (nSPS) is 13.1. The van der Waals surface area contributed by atoms with Crippen LogP contribution in [0.5, 0.6) is 0 Å². The van der Waals surface area contributed by atoms with Crippen molar-refractivity contribution in [2.75, 3.05) is 4.90 Å². The van der Waals surface area contributed by atoms with Crippen molar-refractivity contribution in [1.29, 1.82) is 0 Å². The standard InChI is InChI=1S/C56H35N/c1-3-16-37(17-4-1)52-46-32-44-39-22-11-20-36-21-12-23-40(51(36)39)45(44)33-47(46)53(38-18-5-2-6-19-38)56-43-30-31-50(41-24-13-25-42(54(41)43)55(52)56)57-48-26-9-7-14-34(48)28-29-35-15-8-10-27-49(35)57/h1-27,30-33H,28-29H2. The van der Waals surface area contributed by atoms with Gasteiger partial charge < -0.3 is 4.90 Å². The van der Waals surface area contributed by atoms with Crippen molar-refractivity contribution in [2.45, 2.75) is 12.8 Å². The van der Waals surface area contributed by atoms with Crippen molar-refractivity contribution in [3.05, 3.63) is 199 Å². The van der Waals surface area contributed by atoms with Crippen LogP contribution in [0.2, 0.25) is 0 Å². The molecule has 264 valence electrons. The molecule has 1 heteroatoms. The fourth-order valence-electron chi connectivity index (χ4n) is 10.7. The van der Waals surface area contributed by atoms with Crippen molar-refractivity contribution in [3.63, 3.8) is 0 Å². The molecule has 0 radical (unpaired) electrons. The number of hydrogen-bond acceptors (Lipinski definition) is 1. The molecule has 0 unspecified atom stereocenters.